The summed E-state index contributed by atoms with van der Waals surface area (Å²) in [6, 6.07) is 14.5. The Balaban J connectivity index is 1.87. The number of ketones is 1. The van der Waals surface area contributed by atoms with Gasteiger partial charge in [-0.05, 0) is 18.6 Å². The first-order valence-corrected chi connectivity index (χ1v) is 8.44. The second-order valence-corrected chi connectivity index (χ2v) is 6.24. The molecule has 4 nitrogen and oxygen atoms in total. The Labute approximate surface area is 144 Å². The Bertz CT molecular complexity index is 859. The van der Waals surface area contributed by atoms with E-state index in [-0.39, 0.29) is 5.78 Å². The summed E-state index contributed by atoms with van der Waals surface area (Å²) < 4.78 is 5.85. The van der Waals surface area contributed by atoms with E-state index < -0.39 is 6.23 Å². The van der Waals surface area contributed by atoms with Gasteiger partial charge in [0.25, 0.3) is 0 Å². The Kier molecular flexibility index (Phi) is 4.64. The van der Waals surface area contributed by atoms with Gasteiger partial charge in [-0.15, -0.1) is 11.3 Å². The molecule has 4 N–H and O–H groups in total. The normalized spacial score (nSPS) is 11.9. The van der Waals surface area contributed by atoms with Crippen LogP contribution in [0.3, 0.4) is 0 Å². The van der Waals surface area contributed by atoms with Crippen molar-refractivity contribution in [1.29, 1.82) is 0 Å². The van der Waals surface area contributed by atoms with Crippen molar-refractivity contribution in [2.24, 2.45) is 5.73 Å². The molecule has 1 aromatic heterocycles. The first kappa shape index (κ1) is 16.2. The second kappa shape index (κ2) is 6.86. The van der Waals surface area contributed by atoms with E-state index in [1.807, 2.05) is 41.9 Å². The SMILES string of the molecule is Cc1ccc(C(=O)c2ccccc2)cc1OC(N)c1cscc1N. The zero-order chi connectivity index (χ0) is 17.1. The summed E-state index contributed by atoms with van der Waals surface area (Å²) in [6.45, 7) is 1.91. The lowest BCUT2D eigenvalue weighted by Gasteiger charge is -2.17. The van der Waals surface area contributed by atoms with E-state index in [9.17, 15) is 4.79 Å². The summed E-state index contributed by atoms with van der Waals surface area (Å²) in [4.78, 5) is 12.6. The van der Waals surface area contributed by atoms with E-state index in [1.54, 1.807) is 24.3 Å². The lowest BCUT2D eigenvalue weighted by Crippen LogP contribution is -2.18. The molecular weight excluding hydrogens is 320 g/mol. The maximum Gasteiger partial charge on any atom is 0.193 e. The standard InChI is InChI=1S/C19H18N2O2S/c1-12-7-8-14(18(22)13-5-3-2-4-6-13)9-17(12)23-19(21)15-10-24-11-16(15)20/h2-11,19H,20-21H2,1H3. The molecule has 0 amide bonds. The molecule has 1 atom stereocenters. The third kappa shape index (κ3) is 3.32. The number of anilines is 1. The van der Waals surface area contributed by atoms with Crippen LogP contribution in [-0.2, 0) is 0 Å². The number of ether oxygens (including phenoxy) is 1. The molecule has 2 aromatic carbocycles. The number of aryl methyl sites for hydroxylation is 1. The van der Waals surface area contributed by atoms with Crippen LogP contribution in [0.4, 0.5) is 5.69 Å². The van der Waals surface area contributed by atoms with Crippen molar-refractivity contribution in [3.8, 4) is 5.75 Å². The molecule has 0 spiro atoms. The van der Waals surface area contributed by atoms with Crippen LogP contribution < -0.4 is 16.2 Å². The van der Waals surface area contributed by atoms with E-state index in [1.165, 1.54) is 11.3 Å². The number of nitrogens with two attached hydrogens (primary N) is 2. The minimum Gasteiger partial charge on any atom is -0.471 e. The molecule has 3 rings (SSSR count). The number of hydrogen-bond donors (Lipinski definition) is 2. The van der Waals surface area contributed by atoms with Crippen LogP contribution in [0.1, 0.15) is 33.3 Å². The fraction of sp³-hybridized carbons (Fsp3) is 0.105. The fourth-order valence-corrected chi connectivity index (χ4v) is 3.14. The molecule has 1 unspecified atom stereocenters. The van der Waals surface area contributed by atoms with Gasteiger partial charge in [-0.2, -0.15) is 0 Å². The lowest BCUT2D eigenvalue weighted by molar-refractivity contribution is 0.103. The number of carbonyl (C=O) groups is 1. The quantitative estimate of drug-likeness (QED) is 0.546. The molecule has 0 aliphatic carbocycles. The van der Waals surface area contributed by atoms with E-state index in [4.69, 9.17) is 16.2 Å². The van der Waals surface area contributed by atoms with Crippen LogP contribution in [0.15, 0.2) is 59.3 Å². The predicted molar refractivity (Wildman–Crippen MR) is 97.3 cm³/mol. The summed E-state index contributed by atoms with van der Waals surface area (Å²) in [5.41, 5.74) is 15.4. The van der Waals surface area contributed by atoms with Crippen LogP contribution in [0.25, 0.3) is 0 Å². The minimum atomic E-state index is -0.669. The van der Waals surface area contributed by atoms with Gasteiger partial charge in [0.15, 0.2) is 12.0 Å². The van der Waals surface area contributed by atoms with Crippen molar-refractivity contribution in [3.63, 3.8) is 0 Å². The van der Waals surface area contributed by atoms with Crippen molar-refractivity contribution in [1.82, 2.24) is 0 Å². The highest BCUT2D eigenvalue weighted by molar-refractivity contribution is 7.08. The van der Waals surface area contributed by atoms with E-state index >= 15 is 0 Å². The minimum absolute atomic E-state index is 0.0518. The van der Waals surface area contributed by atoms with Crippen LogP contribution in [0, 0.1) is 6.92 Å². The molecule has 0 aliphatic heterocycles. The molecule has 0 fully saturated rings. The molecule has 0 saturated heterocycles. The summed E-state index contributed by atoms with van der Waals surface area (Å²) in [5.74, 6) is 0.527. The van der Waals surface area contributed by atoms with Gasteiger partial charge < -0.3 is 10.5 Å². The monoisotopic (exact) mass is 338 g/mol. The molecular formula is C19H18N2O2S. The van der Waals surface area contributed by atoms with Crippen molar-refractivity contribution >= 4 is 22.8 Å². The fourth-order valence-electron chi connectivity index (χ4n) is 2.37. The van der Waals surface area contributed by atoms with Gasteiger partial charge in [0, 0.05) is 27.5 Å². The largest absolute Gasteiger partial charge is 0.471 e. The van der Waals surface area contributed by atoms with Crippen molar-refractivity contribution in [2.75, 3.05) is 5.73 Å². The van der Waals surface area contributed by atoms with Crippen molar-refractivity contribution in [2.45, 2.75) is 13.2 Å². The highest BCUT2D eigenvalue weighted by Gasteiger charge is 2.16. The van der Waals surface area contributed by atoms with Gasteiger partial charge in [-0.1, -0.05) is 42.5 Å². The van der Waals surface area contributed by atoms with Crippen LogP contribution in [0.2, 0.25) is 0 Å². The summed E-state index contributed by atoms with van der Waals surface area (Å²) in [6.07, 6.45) is -0.669. The zero-order valence-electron chi connectivity index (χ0n) is 13.2. The lowest BCUT2D eigenvalue weighted by atomic mass is 10.0. The number of thiophene rings is 1. The molecule has 0 aliphatic rings. The highest BCUT2D eigenvalue weighted by atomic mass is 32.1. The van der Waals surface area contributed by atoms with Gasteiger partial charge in [-0.3, -0.25) is 10.5 Å². The average molecular weight is 338 g/mol. The molecule has 0 bridgehead atoms. The second-order valence-electron chi connectivity index (χ2n) is 5.50. The molecule has 24 heavy (non-hydrogen) atoms. The molecule has 1 heterocycles. The number of carbonyl (C=O) groups excluding carboxylic acids is 1. The smallest absolute Gasteiger partial charge is 0.193 e. The summed E-state index contributed by atoms with van der Waals surface area (Å²) in [7, 11) is 0. The molecule has 0 saturated carbocycles. The number of hydrogen-bond acceptors (Lipinski definition) is 5. The average Bonchev–Trinajstić information content (AvgIpc) is 3.03. The van der Waals surface area contributed by atoms with E-state index in [2.05, 4.69) is 0 Å². The Morgan fingerprint density at radius 1 is 1.08 bits per heavy atom. The van der Waals surface area contributed by atoms with Crippen LogP contribution in [0.5, 0.6) is 5.75 Å². The van der Waals surface area contributed by atoms with Crippen LogP contribution in [-0.4, -0.2) is 5.78 Å². The summed E-state index contributed by atoms with van der Waals surface area (Å²) >= 11 is 1.48. The summed E-state index contributed by atoms with van der Waals surface area (Å²) in [5, 5.41) is 3.69. The van der Waals surface area contributed by atoms with Gasteiger partial charge in [0.05, 0.1) is 5.69 Å². The van der Waals surface area contributed by atoms with Crippen LogP contribution >= 0.6 is 11.3 Å². The van der Waals surface area contributed by atoms with E-state index in [0.29, 0.717) is 22.6 Å². The molecule has 0 radical (unpaired) electrons. The highest BCUT2D eigenvalue weighted by Crippen LogP contribution is 2.28. The molecule has 5 heteroatoms. The molecule has 122 valence electrons. The van der Waals surface area contributed by atoms with Gasteiger partial charge in [0.2, 0.25) is 0 Å². The first-order valence-electron chi connectivity index (χ1n) is 7.50. The maximum atomic E-state index is 12.6. The van der Waals surface area contributed by atoms with Gasteiger partial charge >= 0.3 is 0 Å². The predicted octanol–water partition coefficient (Wildman–Crippen LogP) is 3.91. The topological polar surface area (TPSA) is 78.3 Å². The van der Waals surface area contributed by atoms with Gasteiger partial charge in [-0.25, -0.2) is 0 Å². The van der Waals surface area contributed by atoms with Crippen molar-refractivity contribution < 1.29 is 9.53 Å². The third-order valence-corrected chi connectivity index (χ3v) is 4.55. The molecule has 3 aromatic rings. The number of rotatable bonds is 5. The Hall–Kier alpha value is -2.63. The van der Waals surface area contributed by atoms with E-state index in [0.717, 1.165) is 11.1 Å². The Morgan fingerprint density at radius 2 is 1.83 bits per heavy atom. The first-order chi connectivity index (χ1) is 11.6. The number of nitrogen functional groups attached to an aromatic ring is 1. The Morgan fingerprint density at radius 3 is 2.50 bits per heavy atom. The van der Waals surface area contributed by atoms with Crippen molar-refractivity contribution in [3.05, 3.63) is 81.5 Å². The zero-order valence-corrected chi connectivity index (χ0v) is 14.0. The maximum absolute atomic E-state index is 12.6. The van der Waals surface area contributed by atoms with Gasteiger partial charge in [0.1, 0.15) is 5.75 Å². The number of benzene rings is 2. The third-order valence-electron chi connectivity index (χ3n) is 3.77.